The van der Waals surface area contributed by atoms with E-state index in [2.05, 4.69) is 123 Å². The Kier molecular flexibility index (Phi) is 10.6. The minimum atomic E-state index is -1.29. The summed E-state index contributed by atoms with van der Waals surface area (Å²) in [5.74, 6) is 0.439. The molecule has 0 fully saturated rings. The van der Waals surface area contributed by atoms with Gasteiger partial charge in [-0.1, -0.05) is 116 Å². The van der Waals surface area contributed by atoms with Crippen LogP contribution in [0.3, 0.4) is 0 Å². The van der Waals surface area contributed by atoms with Crippen molar-refractivity contribution in [1.82, 2.24) is 9.97 Å². The molecule has 0 unspecified atom stereocenters. The van der Waals surface area contributed by atoms with Gasteiger partial charge in [0.05, 0.1) is 13.7 Å². The van der Waals surface area contributed by atoms with Gasteiger partial charge in [-0.05, 0) is 58.1 Å². The van der Waals surface area contributed by atoms with Gasteiger partial charge in [0, 0.05) is 44.0 Å². The van der Waals surface area contributed by atoms with Gasteiger partial charge in [-0.3, -0.25) is 0 Å². The molecule has 0 bridgehead atoms. The van der Waals surface area contributed by atoms with E-state index in [0.29, 0.717) is 11.5 Å². The van der Waals surface area contributed by atoms with E-state index in [4.69, 9.17) is 9.68 Å². The molecule has 7 aromatic rings. The molecule has 3 aromatic heterocycles. The van der Waals surface area contributed by atoms with E-state index in [1.807, 2.05) is 42.7 Å². The molecule has 0 N–H and O–H groups in total. The Bertz CT molecular complexity index is 2210. The summed E-state index contributed by atoms with van der Waals surface area (Å²) < 4.78 is 6.41. The van der Waals surface area contributed by atoms with Crippen LogP contribution < -0.4 is 5.19 Å². The molecule has 4 aromatic carbocycles. The molecule has 0 amide bonds. The fourth-order valence-electron chi connectivity index (χ4n) is 5.66. The second-order valence-corrected chi connectivity index (χ2v) is 18.2. The Balaban J connectivity index is 0.000000205. The van der Waals surface area contributed by atoms with Gasteiger partial charge in [-0.25, -0.2) is 5.26 Å². The summed E-state index contributed by atoms with van der Waals surface area (Å²) in [5, 5.41) is 12.4. The number of aryl methyl sites for hydroxylation is 1. The van der Waals surface area contributed by atoms with Crippen molar-refractivity contribution >= 4 is 35.2 Å². The van der Waals surface area contributed by atoms with Gasteiger partial charge in [0.25, 0.3) is 0 Å². The topological polar surface area (TPSA) is 62.7 Å². The molecule has 1 radical (unpaired) electrons. The minimum Gasteiger partial charge on any atom is -0.501 e. The first-order valence-corrected chi connectivity index (χ1v) is 19.4. The smallest absolute Gasteiger partial charge is 0.121 e. The van der Waals surface area contributed by atoms with Crippen molar-refractivity contribution in [2.75, 3.05) is 0 Å². The average molecular weight is 820 g/mol. The Labute approximate surface area is 297 Å². The molecule has 0 aliphatic rings. The van der Waals surface area contributed by atoms with Gasteiger partial charge in [0.1, 0.15) is 5.58 Å². The van der Waals surface area contributed by atoms with E-state index < -0.39 is 8.07 Å². The van der Waals surface area contributed by atoms with Crippen LogP contribution in [0.5, 0.6) is 0 Å². The van der Waals surface area contributed by atoms with Gasteiger partial charge in [0.15, 0.2) is 0 Å². The van der Waals surface area contributed by atoms with Crippen LogP contribution in [-0.2, 0) is 20.1 Å². The minimum absolute atomic E-state index is 0. The van der Waals surface area contributed by atoms with E-state index in [1.165, 1.54) is 16.3 Å². The zero-order valence-electron chi connectivity index (χ0n) is 28.1. The first-order chi connectivity index (χ1) is 22.6. The maximum absolute atomic E-state index is 8.74. The number of nitrogens with zero attached hydrogens (tertiary/aromatic N) is 3. The fourth-order valence-corrected chi connectivity index (χ4v) is 6.70. The van der Waals surface area contributed by atoms with E-state index in [9.17, 15) is 0 Å². The SMILES string of the molecule is C[Si](C)(C)c1ccc(-c2[c-]cc(C#N)cc2)nc1.Cc1cccc2oc3c(-c4cc(C(C)C)ccn4)[c-]cc(-c4ccccc4)c3c12.[Ir]. The number of aromatic nitrogens is 2. The standard InChI is InChI=1S/C27H22NO.C15H15N2Si.Ir/c1-17(2)20-14-15-28-23(16-20)22-13-12-21(19-9-5-4-6-10-19)26-25-18(3)8-7-11-24(25)29-27(22)26;1-18(2,3)14-8-9-15(17-11-14)13-6-4-12(10-16)5-7-13;/h4-12,14-17H,1-3H3;4-6,8-9,11H,1-3H3;/q2*-1;. The molecule has 241 valence electrons. The summed E-state index contributed by atoms with van der Waals surface area (Å²) in [6, 6.07) is 41.2. The van der Waals surface area contributed by atoms with Crippen LogP contribution >= 0.6 is 0 Å². The summed E-state index contributed by atoms with van der Waals surface area (Å²) in [4.78, 5) is 9.14. The molecule has 3 heterocycles. The monoisotopic (exact) mass is 820 g/mol. The van der Waals surface area contributed by atoms with Gasteiger partial charge in [0.2, 0.25) is 0 Å². The molecule has 0 spiro atoms. The van der Waals surface area contributed by atoms with Crippen LogP contribution in [0.25, 0.3) is 55.6 Å². The number of hydrogen-bond donors (Lipinski definition) is 0. The second-order valence-electron chi connectivity index (χ2n) is 13.1. The zero-order valence-corrected chi connectivity index (χ0v) is 31.4. The van der Waals surface area contributed by atoms with Crippen molar-refractivity contribution in [3.05, 3.63) is 138 Å². The van der Waals surface area contributed by atoms with Gasteiger partial charge >= 0.3 is 0 Å². The maximum Gasteiger partial charge on any atom is 0.121 e. The van der Waals surface area contributed by atoms with Crippen LogP contribution in [0.1, 0.15) is 36.5 Å². The summed E-state index contributed by atoms with van der Waals surface area (Å²) in [6.07, 6.45) is 3.84. The van der Waals surface area contributed by atoms with Gasteiger partial charge < -0.3 is 14.4 Å². The summed E-state index contributed by atoms with van der Waals surface area (Å²) >= 11 is 0. The Morgan fingerprint density at radius 2 is 1.60 bits per heavy atom. The molecule has 48 heavy (non-hydrogen) atoms. The van der Waals surface area contributed by atoms with Crippen LogP contribution in [0, 0.1) is 30.4 Å². The normalized spacial score (nSPS) is 11.1. The quantitative estimate of drug-likeness (QED) is 0.128. The molecule has 7 rings (SSSR count). The number of nitriles is 1. The first kappa shape index (κ1) is 34.7. The van der Waals surface area contributed by atoms with Crippen LogP contribution in [0.15, 0.2) is 114 Å². The third kappa shape index (κ3) is 7.25. The molecular formula is C42H37IrN3OSi-2. The van der Waals surface area contributed by atoms with Crippen LogP contribution in [-0.4, -0.2) is 18.0 Å². The average Bonchev–Trinajstić information content (AvgIpc) is 3.49. The zero-order chi connectivity index (χ0) is 33.1. The number of rotatable bonds is 5. The predicted molar refractivity (Wildman–Crippen MR) is 196 cm³/mol. The molecular weight excluding hydrogens is 783 g/mol. The number of fused-ring (bicyclic) bond motifs is 3. The summed E-state index contributed by atoms with van der Waals surface area (Å²) in [5.41, 5.74) is 10.8. The number of pyridine rings is 2. The molecule has 0 aliphatic carbocycles. The largest absolute Gasteiger partial charge is 0.501 e. The molecule has 0 atom stereocenters. The van der Waals surface area contributed by atoms with Crippen molar-refractivity contribution in [1.29, 1.82) is 5.26 Å². The fraction of sp³-hybridized carbons (Fsp3) is 0.167. The Hall–Kier alpha value is -4.66. The van der Waals surface area contributed by atoms with Crippen molar-refractivity contribution in [3.63, 3.8) is 0 Å². The van der Waals surface area contributed by atoms with Crippen molar-refractivity contribution in [3.8, 4) is 39.7 Å². The van der Waals surface area contributed by atoms with Crippen LogP contribution in [0.2, 0.25) is 19.6 Å². The van der Waals surface area contributed by atoms with E-state index in [1.54, 1.807) is 12.1 Å². The third-order valence-electron chi connectivity index (χ3n) is 8.42. The van der Waals surface area contributed by atoms with Gasteiger partial charge in [-0.2, -0.15) is 0 Å². The number of furan rings is 1. The van der Waals surface area contributed by atoms with Crippen LogP contribution in [0.4, 0.5) is 0 Å². The van der Waals surface area contributed by atoms with Crippen molar-refractivity contribution in [2.45, 2.75) is 46.3 Å². The van der Waals surface area contributed by atoms with E-state index in [-0.39, 0.29) is 20.1 Å². The molecule has 6 heteroatoms. The molecule has 0 saturated heterocycles. The van der Waals surface area contributed by atoms with E-state index >= 15 is 0 Å². The maximum atomic E-state index is 8.74. The predicted octanol–water partition coefficient (Wildman–Crippen LogP) is 10.5. The molecule has 4 nitrogen and oxygen atoms in total. The molecule has 0 saturated carbocycles. The van der Waals surface area contributed by atoms with Crippen molar-refractivity contribution < 1.29 is 24.5 Å². The summed E-state index contributed by atoms with van der Waals surface area (Å²) in [6.45, 7) is 13.4. The van der Waals surface area contributed by atoms with Gasteiger partial charge in [-0.15, -0.1) is 42.0 Å². The third-order valence-corrected chi connectivity index (χ3v) is 10.4. The number of hydrogen-bond acceptors (Lipinski definition) is 4. The molecule has 0 aliphatic heterocycles. The second kappa shape index (κ2) is 14.6. The first-order valence-electron chi connectivity index (χ1n) is 15.9. The Morgan fingerprint density at radius 3 is 2.25 bits per heavy atom. The van der Waals surface area contributed by atoms with E-state index in [0.717, 1.165) is 55.6 Å². The number of benzene rings is 4. The van der Waals surface area contributed by atoms with Crippen molar-refractivity contribution in [2.24, 2.45) is 0 Å². The summed E-state index contributed by atoms with van der Waals surface area (Å²) in [7, 11) is -1.29. The Morgan fingerprint density at radius 1 is 0.812 bits per heavy atom.